The monoisotopic (exact) mass is 419 g/mol. The Balaban J connectivity index is 0.000000503. The van der Waals surface area contributed by atoms with E-state index < -0.39 is 10.8 Å². The number of fused-ring (bicyclic) bond motifs is 5. The second kappa shape index (κ2) is 7.80. The lowest BCUT2D eigenvalue weighted by atomic mass is 10.1. The molecule has 0 amide bonds. The first-order valence-electron chi connectivity index (χ1n) is 9.38. The number of aromatic hydroxyl groups is 1. The Bertz CT molecular complexity index is 1460. The molecular weight excluding hydrogens is 398 g/mol. The van der Waals surface area contributed by atoms with Crippen LogP contribution in [0.3, 0.4) is 0 Å². The molecule has 0 saturated heterocycles. The molecule has 0 radical (unpaired) electrons. The summed E-state index contributed by atoms with van der Waals surface area (Å²) in [6, 6.07) is 20.8. The third-order valence-electron chi connectivity index (χ3n) is 4.81. The summed E-state index contributed by atoms with van der Waals surface area (Å²) in [5.41, 5.74) is 3.91. The smallest absolute Gasteiger partial charge is 0.290 e. The second-order valence-electron chi connectivity index (χ2n) is 7.19. The number of hydrogen-bond acceptors (Lipinski definition) is 4. The topological polar surface area (TPSA) is 72.4 Å². The maximum absolute atomic E-state index is 12.6. The quantitative estimate of drug-likeness (QED) is 0.419. The molecule has 5 rings (SSSR count). The molecule has 0 fully saturated rings. The van der Waals surface area contributed by atoms with Gasteiger partial charge in [-0.05, 0) is 37.3 Å². The molecule has 6 heteroatoms. The van der Waals surface area contributed by atoms with Gasteiger partial charge in [-0.25, -0.2) is 0 Å². The molecule has 0 atom stereocenters. The van der Waals surface area contributed by atoms with Crippen LogP contribution >= 0.6 is 0 Å². The van der Waals surface area contributed by atoms with Crippen molar-refractivity contribution < 1.29 is 13.7 Å². The van der Waals surface area contributed by atoms with Crippen LogP contribution in [0.4, 0.5) is 0 Å². The van der Waals surface area contributed by atoms with Crippen LogP contribution in [0.15, 0.2) is 75.9 Å². The SMILES string of the molecule is CS(C)=O.Cc1ccc(-n2c3cccc(=O)c3c3oc(O)c4ccccc4c32)cc1. The predicted octanol–water partition coefficient (Wildman–Crippen LogP) is 4.90. The van der Waals surface area contributed by atoms with E-state index in [0.717, 1.165) is 27.7 Å². The molecule has 5 nitrogen and oxygen atoms in total. The van der Waals surface area contributed by atoms with Gasteiger partial charge >= 0.3 is 0 Å². The minimum Gasteiger partial charge on any atom is -0.480 e. The van der Waals surface area contributed by atoms with E-state index in [-0.39, 0.29) is 11.4 Å². The fourth-order valence-corrected chi connectivity index (χ4v) is 3.61. The molecule has 3 aromatic carbocycles. The maximum Gasteiger partial charge on any atom is 0.290 e. The highest BCUT2D eigenvalue weighted by molar-refractivity contribution is 7.83. The summed E-state index contributed by atoms with van der Waals surface area (Å²) in [5, 5.41) is 12.3. The fourth-order valence-electron chi connectivity index (χ4n) is 3.61. The molecule has 2 aromatic heterocycles. The summed E-state index contributed by atoms with van der Waals surface area (Å²) in [5.74, 6) is -0.181. The summed E-state index contributed by atoms with van der Waals surface area (Å²) in [7, 11) is -0.611. The Kier molecular flexibility index (Phi) is 5.18. The minimum absolute atomic E-state index is 0.128. The number of nitrogens with zero attached hydrogens (tertiary/aromatic N) is 1. The van der Waals surface area contributed by atoms with Crippen molar-refractivity contribution >= 4 is 43.6 Å². The molecule has 0 unspecified atom stereocenters. The Morgan fingerprint density at radius 3 is 2.20 bits per heavy atom. The zero-order valence-corrected chi connectivity index (χ0v) is 17.7. The van der Waals surface area contributed by atoms with Crippen LogP contribution in [0.25, 0.3) is 38.5 Å². The van der Waals surface area contributed by atoms with Crippen molar-refractivity contribution in [2.75, 3.05) is 12.5 Å². The van der Waals surface area contributed by atoms with Gasteiger partial charge in [0.05, 0.1) is 21.8 Å². The van der Waals surface area contributed by atoms with E-state index in [9.17, 15) is 14.1 Å². The van der Waals surface area contributed by atoms with E-state index in [0.29, 0.717) is 16.4 Å². The van der Waals surface area contributed by atoms with Gasteiger partial charge < -0.3 is 14.1 Å². The van der Waals surface area contributed by atoms with E-state index >= 15 is 0 Å². The van der Waals surface area contributed by atoms with Crippen LogP contribution in [0, 0.1) is 6.92 Å². The number of aryl methyl sites for hydroxylation is 1. The van der Waals surface area contributed by atoms with Gasteiger partial charge in [0.2, 0.25) is 0 Å². The van der Waals surface area contributed by atoms with Gasteiger partial charge in [0.25, 0.3) is 5.95 Å². The van der Waals surface area contributed by atoms with E-state index in [2.05, 4.69) is 0 Å². The van der Waals surface area contributed by atoms with Crippen LogP contribution < -0.4 is 5.43 Å². The molecule has 30 heavy (non-hydrogen) atoms. The van der Waals surface area contributed by atoms with Gasteiger partial charge in [-0.15, -0.1) is 0 Å². The molecule has 0 aliphatic carbocycles. The summed E-state index contributed by atoms with van der Waals surface area (Å²) < 4.78 is 17.3. The van der Waals surface area contributed by atoms with Gasteiger partial charge in [0, 0.05) is 34.4 Å². The molecule has 0 saturated carbocycles. The van der Waals surface area contributed by atoms with Crippen molar-refractivity contribution in [3.63, 3.8) is 0 Å². The Morgan fingerprint density at radius 2 is 1.53 bits per heavy atom. The standard InChI is InChI=1S/C22H15NO3.C2H6OS/c1-13-9-11-14(12-10-13)23-17-7-4-8-18(24)19(17)21-20(23)15-5-2-3-6-16(15)22(25)26-21;1-4(2)3/h2-12,25H,1H3;1-2H3. The maximum atomic E-state index is 12.6. The largest absolute Gasteiger partial charge is 0.480 e. The third-order valence-corrected chi connectivity index (χ3v) is 4.81. The van der Waals surface area contributed by atoms with Gasteiger partial charge in [0.15, 0.2) is 11.0 Å². The Hall–Kier alpha value is -3.38. The molecule has 0 aliphatic rings. The van der Waals surface area contributed by atoms with Crippen LogP contribution in [0.2, 0.25) is 0 Å². The molecule has 0 spiro atoms. The molecule has 5 aromatic rings. The molecule has 0 bridgehead atoms. The fraction of sp³-hybridized carbons (Fsp3) is 0.125. The van der Waals surface area contributed by atoms with Crippen molar-refractivity contribution in [1.29, 1.82) is 0 Å². The van der Waals surface area contributed by atoms with Gasteiger partial charge in [-0.3, -0.25) is 9.00 Å². The first kappa shape index (κ1) is 19.9. The highest BCUT2D eigenvalue weighted by atomic mass is 32.2. The van der Waals surface area contributed by atoms with Gasteiger partial charge in [-0.2, -0.15) is 0 Å². The lowest BCUT2D eigenvalue weighted by molar-refractivity contribution is 0.348. The van der Waals surface area contributed by atoms with Crippen LogP contribution in [0.1, 0.15) is 5.56 Å². The van der Waals surface area contributed by atoms with Crippen molar-refractivity contribution in [2.45, 2.75) is 6.92 Å². The molecule has 2 heterocycles. The summed E-state index contributed by atoms with van der Waals surface area (Å²) in [4.78, 5) is 12.6. The van der Waals surface area contributed by atoms with E-state index in [4.69, 9.17) is 4.42 Å². The van der Waals surface area contributed by atoms with Crippen molar-refractivity contribution in [2.24, 2.45) is 0 Å². The van der Waals surface area contributed by atoms with Crippen molar-refractivity contribution in [3.05, 3.63) is 82.5 Å². The molecule has 0 aliphatic heterocycles. The number of benzene rings is 3. The average Bonchev–Trinajstić information content (AvgIpc) is 3.04. The van der Waals surface area contributed by atoms with Crippen molar-refractivity contribution in [3.8, 4) is 11.6 Å². The Morgan fingerprint density at radius 1 is 0.900 bits per heavy atom. The second-order valence-corrected chi connectivity index (χ2v) is 8.68. The zero-order valence-electron chi connectivity index (χ0n) is 16.9. The summed E-state index contributed by atoms with van der Waals surface area (Å²) >= 11 is 0. The highest BCUT2D eigenvalue weighted by Gasteiger charge is 2.20. The minimum atomic E-state index is -0.611. The molecule has 1 N–H and O–H groups in total. The first-order chi connectivity index (χ1) is 14.4. The predicted molar refractivity (Wildman–Crippen MR) is 123 cm³/mol. The number of rotatable bonds is 1. The Labute approximate surface area is 175 Å². The average molecular weight is 420 g/mol. The van der Waals surface area contributed by atoms with Crippen LogP contribution in [0.5, 0.6) is 5.95 Å². The van der Waals surface area contributed by atoms with Crippen LogP contribution in [-0.4, -0.2) is 26.4 Å². The van der Waals surface area contributed by atoms with E-state index in [1.807, 2.05) is 66.1 Å². The number of hydrogen-bond donors (Lipinski definition) is 1. The van der Waals surface area contributed by atoms with E-state index in [1.54, 1.807) is 18.6 Å². The lowest BCUT2D eigenvalue weighted by Gasteiger charge is -2.10. The third kappa shape index (κ3) is 3.39. The highest BCUT2D eigenvalue weighted by Crippen LogP contribution is 2.39. The van der Waals surface area contributed by atoms with Gasteiger partial charge in [-0.1, -0.05) is 42.0 Å². The summed E-state index contributed by atoms with van der Waals surface area (Å²) in [6.07, 6.45) is 3.28. The zero-order chi connectivity index (χ0) is 21.4. The first-order valence-corrected chi connectivity index (χ1v) is 11.3. The number of aromatic nitrogens is 1. The molecular formula is C24H21NO4S. The summed E-state index contributed by atoms with van der Waals surface area (Å²) in [6.45, 7) is 2.04. The molecule has 152 valence electrons. The van der Waals surface area contributed by atoms with Crippen LogP contribution in [-0.2, 0) is 10.8 Å². The normalized spacial score (nSPS) is 11.2. The van der Waals surface area contributed by atoms with Crippen molar-refractivity contribution in [1.82, 2.24) is 4.57 Å². The van der Waals surface area contributed by atoms with Gasteiger partial charge in [0.1, 0.15) is 0 Å². The lowest BCUT2D eigenvalue weighted by Crippen LogP contribution is -1.98. The van der Waals surface area contributed by atoms with E-state index in [1.165, 1.54) is 6.07 Å².